The number of rotatable bonds is 1. The summed E-state index contributed by atoms with van der Waals surface area (Å²) in [5, 5.41) is 0. The molecule has 58 valence electrons. The van der Waals surface area contributed by atoms with Crippen LogP contribution in [0.5, 0.6) is 0 Å². The second-order valence-corrected chi connectivity index (χ2v) is 6.57. The number of hydrogen-bond acceptors (Lipinski definition) is 0. The molecule has 0 spiro atoms. The minimum absolute atomic E-state index is 0.171. The van der Waals surface area contributed by atoms with Gasteiger partial charge in [0, 0.05) is 0 Å². The number of alkyl halides is 4. The Hall–Kier alpha value is 1.54. The lowest BCUT2D eigenvalue weighted by Crippen LogP contribution is -1.75. The molecule has 0 N–H and O–H groups in total. The van der Waals surface area contributed by atoms with E-state index in [4.69, 9.17) is 23.2 Å². The smallest absolute Gasteiger partial charge is 0.105 e. The summed E-state index contributed by atoms with van der Waals surface area (Å²) in [6.45, 7) is 3.94. The van der Waals surface area contributed by atoms with Crippen molar-refractivity contribution in [3.8, 4) is 0 Å². The number of halogens is 4. The molecule has 0 atom stereocenters. The van der Waals surface area contributed by atoms with Gasteiger partial charge in [0.05, 0.1) is 3.74 Å². The summed E-state index contributed by atoms with van der Waals surface area (Å²) < 4.78 is 0.458. The molecule has 4 heteroatoms. The van der Waals surface area contributed by atoms with Crippen molar-refractivity contribution in [1.82, 2.24) is 0 Å². The molecule has 0 radical (unpaired) electrons. The summed E-state index contributed by atoms with van der Waals surface area (Å²) in [7, 11) is 0. The fourth-order valence-corrected chi connectivity index (χ4v) is 0. The van der Waals surface area contributed by atoms with Gasteiger partial charge in [-0.1, -0.05) is 38.8 Å². The Bertz CT molecular complexity index is 45.5. The first-order valence-corrected chi connectivity index (χ1v) is 5.27. The van der Waals surface area contributed by atoms with Crippen molar-refractivity contribution in [2.45, 2.75) is 28.8 Å². The van der Waals surface area contributed by atoms with Crippen LogP contribution in [0.3, 0.4) is 0 Å². The lowest BCUT2D eigenvalue weighted by Gasteiger charge is -1.84. The standard InChI is InChI=1S/C3H6Cl2.C2H4Br2/c1-2-3(4)5;1-2(3)4/h3H,2H2,1H3;2H,1H3. The van der Waals surface area contributed by atoms with Crippen LogP contribution in [-0.4, -0.2) is 8.57 Å². The van der Waals surface area contributed by atoms with Crippen LogP contribution in [0.25, 0.3) is 0 Å². The average molecular weight is 301 g/mol. The summed E-state index contributed by atoms with van der Waals surface area (Å²) >= 11 is 16.8. The van der Waals surface area contributed by atoms with Gasteiger partial charge in [-0.2, -0.15) is 0 Å². The van der Waals surface area contributed by atoms with E-state index in [9.17, 15) is 0 Å². The van der Waals surface area contributed by atoms with E-state index in [0.717, 1.165) is 6.42 Å². The maximum absolute atomic E-state index is 5.23. The first-order chi connectivity index (χ1) is 4.00. The van der Waals surface area contributed by atoms with Crippen molar-refractivity contribution >= 4 is 55.1 Å². The van der Waals surface area contributed by atoms with Crippen LogP contribution in [-0.2, 0) is 0 Å². The molecule has 0 aromatic carbocycles. The third-order valence-corrected chi connectivity index (χ3v) is 0.926. The zero-order chi connectivity index (χ0) is 7.86. The van der Waals surface area contributed by atoms with Gasteiger partial charge >= 0.3 is 0 Å². The van der Waals surface area contributed by atoms with Crippen LogP contribution in [0.15, 0.2) is 0 Å². The Morgan fingerprint density at radius 2 is 1.44 bits per heavy atom. The second-order valence-electron chi connectivity index (χ2n) is 1.32. The molecule has 9 heavy (non-hydrogen) atoms. The molecule has 0 aromatic rings. The van der Waals surface area contributed by atoms with E-state index in [2.05, 4.69) is 31.9 Å². The predicted molar refractivity (Wildman–Crippen MR) is 53.1 cm³/mol. The molecule has 0 saturated heterocycles. The maximum atomic E-state index is 5.23. The molecule has 0 fully saturated rings. The largest absolute Gasteiger partial charge is 0.107 e. The third kappa shape index (κ3) is 43.3. The highest BCUT2D eigenvalue weighted by molar-refractivity contribution is 9.24. The fourth-order valence-electron chi connectivity index (χ4n) is 0. The molecule has 0 rings (SSSR count). The van der Waals surface area contributed by atoms with E-state index in [1.54, 1.807) is 0 Å². The Morgan fingerprint density at radius 3 is 1.44 bits per heavy atom. The third-order valence-electron chi connectivity index (χ3n) is 0.309. The van der Waals surface area contributed by atoms with Crippen molar-refractivity contribution in [3.63, 3.8) is 0 Å². The Balaban J connectivity index is 0. The average Bonchev–Trinajstić information content (AvgIpc) is 1.65. The van der Waals surface area contributed by atoms with E-state index in [0.29, 0.717) is 3.74 Å². The molecular weight excluding hydrogens is 291 g/mol. The molecule has 0 heterocycles. The number of hydrogen-bond donors (Lipinski definition) is 0. The van der Waals surface area contributed by atoms with Gasteiger partial charge in [0.15, 0.2) is 0 Å². The second kappa shape index (κ2) is 9.54. The lowest BCUT2D eigenvalue weighted by molar-refractivity contribution is 1.04. The first kappa shape index (κ1) is 13.2. The maximum Gasteiger partial charge on any atom is 0.107 e. The zero-order valence-electron chi connectivity index (χ0n) is 5.37. The molecule has 0 aromatic heterocycles. The van der Waals surface area contributed by atoms with Gasteiger partial charge in [-0.3, -0.25) is 0 Å². The summed E-state index contributed by atoms with van der Waals surface area (Å²) in [5.74, 6) is 0. The zero-order valence-corrected chi connectivity index (χ0v) is 10.1. The quantitative estimate of drug-likeness (QED) is 0.633. The van der Waals surface area contributed by atoms with Crippen LogP contribution >= 0.6 is 55.1 Å². The molecule has 0 aliphatic carbocycles. The van der Waals surface area contributed by atoms with E-state index in [1.165, 1.54) is 0 Å². The molecule has 0 aliphatic heterocycles. The summed E-state index contributed by atoms with van der Waals surface area (Å²) in [6.07, 6.45) is 0.836. The van der Waals surface area contributed by atoms with Gasteiger partial charge in [0.25, 0.3) is 0 Å². The molecule has 0 saturated carbocycles. The first-order valence-electron chi connectivity index (χ1n) is 2.57. The van der Waals surface area contributed by atoms with Gasteiger partial charge < -0.3 is 0 Å². The van der Waals surface area contributed by atoms with E-state index in [-0.39, 0.29) is 4.84 Å². The minimum atomic E-state index is -0.171. The minimum Gasteiger partial charge on any atom is -0.105 e. The summed E-state index contributed by atoms with van der Waals surface area (Å²) in [5.41, 5.74) is 0. The highest BCUT2D eigenvalue weighted by atomic mass is 79.9. The highest BCUT2D eigenvalue weighted by Gasteiger charge is 1.86. The van der Waals surface area contributed by atoms with Crippen LogP contribution in [0.2, 0.25) is 0 Å². The highest BCUT2D eigenvalue weighted by Crippen LogP contribution is 2.03. The Morgan fingerprint density at radius 1 is 1.33 bits per heavy atom. The van der Waals surface area contributed by atoms with E-state index in [1.807, 2.05) is 13.8 Å². The molecular formula is C5H10Br2Cl2. The predicted octanol–water partition coefficient (Wildman–Crippen LogP) is 4.32. The monoisotopic (exact) mass is 298 g/mol. The van der Waals surface area contributed by atoms with Gasteiger partial charge in [-0.25, -0.2) is 0 Å². The van der Waals surface area contributed by atoms with Gasteiger partial charge in [-0.05, 0) is 13.3 Å². The van der Waals surface area contributed by atoms with Crippen molar-refractivity contribution in [3.05, 3.63) is 0 Å². The van der Waals surface area contributed by atoms with Crippen LogP contribution in [0.4, 0.5) is 0 Å². The van der Waals surface area contributed by atoms with Crippen molar-refractivity contribution < 1.29 is 0 Å². The molecule has 0 bridgehead atoms. The van der Waals surface area contributed by atoms with Crippen LogP contribution < -0.4 is 0 Å². The molecule has 0 unspecified atom stereocenters. The van der Waals surface area contributed by atoms with Crippen LogP contribution in [0, 0.1) is 0 Å². The summed E-state index contributed by atoms with van der Waals surface area (Å²) in [6, 6.07) is 0. The fraction of sp³-hybridized carbons (Fsp3) is 1.00. The SMILES string of the molecule is CC(Br)Br.CCC(Cl)Cl. The Labute approximate surface area is 83.5 Å². The molecule has 0 amide bonds. The summed E-state index contributed by atoms with van der Waals surface area (Å²) in [4.78, 5) is -0.171. The van der Waals surface area contributed by atoms with Crippen molar-refractivity contribution in [2.24, 2.45) is 0 Å². The van der Waals surface area contributed by atoms with E-state index < -0.39 is 0 Å². The Kier molecular flexibility index (Phi) is 13.9. The van der Waals surface area contributed by atoms with Crippen LogP contribution in [0.1, 0.15) is 20.3 Å². The van der Waals surface area contributed by atoms with Crippen molar-refractivity contribution in [2.75, 3.05) is 0 Å². The van der Waals surface area contributed by atoms with Gasteiger partial charge in [0.2, 0.25) is 0 Å². The molecule has 0 aliphatic rings. The van der Waals surface area contributed by atoms with Gasteiger partial charge in [-0.15, -0.1) is 23.2 Å². The van der Waals surface area contributed by atoms with E-state index >= 15 is 0 Å². The lowest BCUT2D eigenvalue weighted by atomic mass is 10.6. The van der Waals surface area contributed by atoms with Gasteiger partial charge in [0.1, 0.15) is 4.84 Å². The van der Waals surface area contributed by atoms with Crippen molar-refractivity contribution in [1.29, 1.82) is 0 Å². The molecule has 0 nitrogen and oxygen atoms in total. The topological polar surface area (TPSA) is 0 Å². The normalized spacial score (nSPS) is 9.33.